The van der Waals surface area contributed by atoms with E-state index in [1.807, 2.05) is 52.7 Å². The van der Waals surface area contributed by atoms with Crippen LogP contribution in [-0.4, -0.2) is 29.3 Å². The standard InChI is InChI=1S/C21H17F2N7O/c1-29-17-7-6-14(8-15(17)26-21(29)24)16-10-30(11-25-16)9-12-2-4-13(5-3-12)19-27-28-20(31-19)18(22)23/h2-8,10-11,18H,9H2,1H3,(H2,24,26). The first-order chi connectivity index (χ1) is 15.0. The average Bonchev–Trinajstić information content (AvgIpc) is 3.49. The van der Waals surface area contributed by atoms with E-state index in [1.165, 1.54) is 0 Å². The molecule has 0 radical (unpaired) electrons. The quantitative estimate of drug-likeness (QED) is 0.459. The molecule has 0 unspecified atom stereocenters. The fraction of sp³-hybridized carbons (Fsp3) is 0.143. The van der Waals surface area contributed by atoms with Crippen molar-refractivity contribution in [2.45, 2.75) is 13.0 Å². The zero-order valence-corrected chi connectivity index (χ0v) is 16.4. The molecule has 156 valence electrons. The highest BCUT2D eigenvalue weighted by atomic mass is 19.3. The van der Waals surface area contributed by atoms with E-state index < -0.39 is 12.3 Å². The number of halogens is 2. The number of fused-ring (bicyclic) bond motifs is 1. The van der Waals surface area contributed by atoms with Crippen LogP contribution in [0.4, 0.5) is 14.7 Å². The molecule has 10 heteroatoms. The predicted molar refractivity (Wildman–Crippen MR) is 110 cm³/mol. The molecule has 0 amide bonds. The van der Waals surface area contributed by atoms with Gasteiger partial charge in [-0.05, 0) is 29.8 Å². The van der Waals surface area contributed by atoms with Crippen molar-refractivity contribution in [3.8, 4) is 22.7 Å². The molecule has 2 aromatic carbocycles. The molecule has 8 nitrogen and oxygen atoms in total. The van der Waals surface area contributed by atoms with Crippen molar-refractivity contribution in [2.75, 3.05) is 5.73 Å². The first-order valence-electron chi connectivity index (χ1n) is 9.43. The minimum Gasteiger partial charge on any atom is -0.415 e. The highest BCUT2D eigenvalue weighted by Crippen LogP contribution is 2.25. The van der Waals surface area contributed by atoms with E-state index in [0.717, 1.165) is 27.9 Å². The summed E-state index contributed by atoms with van der Waals surface area (Å²) in [6.45, 7) is 0.595. The topological polar surface area (TPSA) is 101 Å². The minimum absolute atomic E-state index is 0.0670. The maximum Gasteiger partial charge on any atom is 0.314 e. The molecule has 5 aromatic rings. The molecule has 0 aliphatic rings. The molecular weight excluding hydrogens is 404 g/mol. The van der Waals surface area contributed by atoms with Crippen LogP contribution >= 0.6 is 0 Å². The third-order valence-electron chi connectivity index (χ3n) is 5.04. The summed E-state index contributed by atoms with van der Waals surface area (Å²) in [5, 5.41) is 7.01. The fourth-order valence-corrected chi connectivity index (χ4v) is 3.38. The lowest BCUT2D eigenvalue weighted by Gasteiger charge is -2.03. The Kier molecular flexibility index (Phi) is 4.46. The van der Waals surface area contributed by atoms with E-state index in [2.05, 4.69) is 20.2 Å². The highest BCUT2D eigenvalue weighted by molar-refractivity contribution is 5.83. The lowest BCUT2D eigenvalue weighted by atomic mass is 10.1. The van der Waals surface area contributed by atoms with Crippen LogP contribution < -0.4 is 5.73 Å². The first kappa shape index (κ1) is 18.9. The van der Waals surface area contributed by atoms with Gasteiger partial charge in [0, 0.05) is 30.9 Å². The van der Waals surface area contributed by atoms with Crippen LogP contribution in [0, 0.1) is 0 Å². The summed E-state index contributed by atoms with van der Waals surface area (Å²) in [5.41, 5.74) is 11.0. The Labute approximate surface area is 175 Å². The fourth-order valence-electron chi connectivity index (χ4n) is 3.38. The number of nitrogens with two attached hydrogens (primary N) is 1. The Bertz CT molecular complexity index is 1370. The lowest BCUT2D eigenvalue weighted by molar-refractivity contribution is 0.116. The smallest absolute Gasteiger partial charge is 0.314 e. The zero-order chi connectivity index (χ0) is 21.5. The largest absolute Gasteiger partial charge is 0.415 e. The van der Waals surface area contributed by atoms with E-state index >= 15 is 0 Å². The number of nitrogen functional groups attached to an aromatic ring is 1. The van der Waals surface area contributed by atoms with Gasteiger partial charge < -0.3 is 19.3 Å². The van der Waals surface area contributed by atoms with Crippen LogP contribution in [-0.2, 0) is 13.6 Å². The molecule has 31 heavy (non-hydrogen) atoms. The summed E-state index contributed by atoms with van der Waals surface area (Å²) in [6, 6.07) is 13.2. The summed E-state index contributed by atoms with van der Waals surface area (Å²) < 4.78 is 34.0. The van der Waals surface area contributed by atoms with Gasteiger partial charge >= 0.3 is 6.43 Å². The monoisotopic (exact) mass is 421 g/mol. The number of imidazole rings is 2. The van der Waals surface area contributed by atoms with Gasteiger partial charge in [0.2, 0.25) is 11.8 Å². The summed E-state index contributed by atoms with van der Waals surface area (Å²) in [7, 11) is 1.88. The third kappa shape index (κ3) is 3.52. The van der Waals surface area contributed by atoms with E-state index in [-0.39, 0.29) is 5.89 Å². The van der Waals surface area contributed by atoms with Crippen molar-refractivity contribution < 1.29 is 13.2 Å². The van der Waals surface area contributed by atoms with Gasteiger partial charge in [0.25, 0.3) is 5.89 Å². The number of aromatic nitrogens is 6. The van der Waals surface area contributed by atoms with Crippen molar-refractivity contribution in [3.63, 3.8) is 0 Å². The Balaban J connectivity index is 1.33. The number of hydrogen-bond acceptors (Lipinski definition) is 6. The number of alkyl halides is 2. The Hall–Kier alpha value is -4.08. The number of benzene rings is 2. The second-order valence-electron chi connectivity index (χ2n) is 7.11. The number of rotatable bonds is 5. The molecule has 3 heterocycles. The van der Waals surface area contributed by atoms with E-state index in [0.29, 0.717) is 18.1 Å². The van der Waals surface area contributed by atoms with Crippen LogP contribution in [0.2, 0.25) is 0 Å². The summed E-state index contributed by atoms with van der Waals surface area (Å²) in [6.07, 6.45) is 0.924. The van der Waals surface area contributed by atoms with Gasteiger partial charge in [-0.2, -0.15) is 8.78 Å². The van der Waals surface area contributed by atoms with Gasteiger partial charge in [0.1, 0.15) is 0 Å². The van der Waals surface area contributed by atoms with Crippen molar-refractivity contribution in [1.82, 2.24) is 29.3 Å². The van der Waals surface area contributed by atoms with Gasteiger partial charge in [0.15, 0.2) is 0 Å². The summed E-state index contributed by atoms with van der Waals surface area (Å²) >= 11 is 0. The molecule has 0 fully saturated rings. The van der Waals surface area contributed by atoms with Crippen molar-refractivity contribution in [1.29, 1.82) is 0 Å². The van der Waals surface area contributed by atoms with Crippen molar-refractivity contribution >= 4 is 17.0 Å². The van der Waals surface area contributed by atoms with Gasteiger partial charge in [-0.1, -0.05) is 18.2 Å². The second kappa shape index (κ2) is 7.31. The van der Waals surface area contributed by atoms with Crippen LogP contribution in [0.1, 0.15) is 17.9 Å². The molecule has 0 aliphatic carbocycles. The molecule has 0 spiro atoms. The van der Waals surface area contributed by atoms with E-state index in [9.17, 15) is 8.78 Å². The van der Waals surface area contributed by atoms with Crippen LogP contribution in [0.25, 0.3) is 33.7 Å². The van der Waals surface area contributed by atoms with Gasteiger partial charge in [-0.25, -0.2) is 9.97 Å². The SMILES string of the molecule is Cn1c(N)nc2cc(-c3cn(Cc4ccc(-c5nnc(C(F)F)o5)cc4)cn3)ccc21. The molecule has 0 saturated heterocycles. The Morgan fingerprint density at radius 1 is 1.06 bits per heavy atom. The predicted octanol–water partition coefficient (Wildman–Crippen LogP) is 4.05. The number of aryl methyl sites for hydroxylation is 1. The maximum atomic E-state index is 12.6. The summed E-state index contributed by atoms with van der Waals surface area (Å²) in [5.74, 6) is -0.152. The molecular formula is C21H17F2N7O. The molecule has 0 atom stereocenters. The van der Waals surface area contributed by atoms with Crippen LogP contribution in [0.5, 0.6) is 0 Å². The number of nitrogens with zero attached hydrogens (tertiary/aromatic N) is 6. The second-order valence-corrected chi connectivity index (χ2v) is 7.11. The van der Waals surface area contributed by atoms with Gasteiger partial charge in [0.05, 0.1) is 23.1 Å². The molecule has 0 saturated carbocycles. The zero-order valence-electron chi connectivity index (χ0n) is 16.4. The summed E-state index contributed by atoms with van der Waals surface area (Å²) in [4.78, 5) is 8.86. The van der Waals surface area contributed by atoms with Gasteiger partial charge in [-0.15, -0.1) is 10.2 Å². The van der Waals surface area contributed by atoms with E-state index in [4.69, 9.17) is 10.2 Å². The Morgan fingerprint density at radius 2 is 1.84 bits per heavy atom. The van der Waals surface area contributed by atoms with Gasteiger partial charge in [-0.3, -0.25) is 0 Å². The maximum absolute atomic E-state index is 12.6. The van der Waals surface area contributed by atoms with Crippen molar-refractivity contribution in [2.24, 2.45) is 7.05 Å². The van der Waals surface area contributed by atoms with Crippen LogP contribution in [0.3, 0.4) is 0 Å². The highest BCUT2D eigenvalue weighted by Gasteiger charge is 2.17. The Morgan fingerprint density at radius 3 is 2.58 bits per heavy atom. The normalized spacial score (nSPS) is 11.6. The van der Waals surface area contributed by atoms with Crippen molar-refractivity contribution in [3.05, 3.63) is 66.4 Å². The average molecular weight is 421 g/mol. The van der Waals surface area contributed by atoms with Crippen LogP contribution in [0.15, 0.2) is 59.4 Å². The molecule has 5 rings (SSSR count). The minimum atomic E-state index is -2.79. The first-order valence-corrected chi connectivity index (χ1v) is 9.43. The molecule has 3 aromatic heterocycles. The molecule has 2 N–H and O–H groups in total. The lowest BCUT2D eigenvalue weighted by Crippen LogP contribution is -1.96. The molecule has 0 aliphatic heterocycles. The number of hydrogen-bond donors (Lipinski definition) is 1. The van der Waals surface area contributed by atoms with E-state index in [1.54, 1.807) is 18.5 Å². The number of anilines is 1. The third-order valence-corrected chi connectivity index (χ3v) is 5.04. The molecule has 0 bridgehead atoms.